The molecule has 2 aromatic carbocycles. The first-order chi connectivity index (χ1) is 17.1. The SMILES string of the molecule is Cc1cc(C)c2nc(N(CCCN(C)C)C(=O)c3ccc(S(=O)(=O)N4CCC(C)CC4)cc3)sc2c1.Cl. The van der Waals surface area contributed by atoms with Gasteiger partial charge in [0.1, 0.15) is 0 Å². The molecular formula is C27H37ClN4O3S2. The van der Waals surface area contributed by atoms with Crippen molar-refractivity contribution in [3.05, 3.63) is 53.1 Å². The maximum atomic E-state index is 13.7. The van der Waals surface area contributed by atoms with Gasteiger partial charge in [-0.15, -0.1) is 12.4 Å². The predicted molar refractivity (Wildman–Crippen MR) is 155 cm³/mol. The van der Waals surface area contributed by atoms with Crippen LogP contribution >= 0.6 is 23.7 Å². The highest BCUT2D eigenvalue weighted by molar-refractivity contribution is 7.89. The summed E-state index contributed by atoms with van der Waals surface area (Å²) in [6.45, 7) is 8.72. The van der Waals surface area contributed by atoms with Crippen molar-refractivity contribution >= 4 is 55.0 Å². The zero-order valence-electron chi connectivity index (χ0n) is 22.2. The van der Waals surface area contributed by atoms with E-state index in [2.05, 4.69) is 30.9 Å². The summed E-state index contributed by atoms with van der Waals surface area (Å²) in [5.41, 5.74) is 3.64. The maximum absolute atomic E-state index is 13.7. The van der Waals surface area contributed by atoms with Crippen molar-refractivity contribution in [1.82, 2.24) is 14.2 Å². The van der Waals surface area contributed by atoms with Gasteiger partial charge in [-0.3, -0.25) is 9.69 Å². The molecule has 1 aromatic heterocycles. The van der Waals surface area contributed by atoms with Crippen LogP contribution in [0.15, 0.2) is 41.3 Å². The first-order valence-electron chi connectivity index (χ1n) is 12.5. The molecule has 0 unspecified atom stereocenters. The number of hydrogen-bond acceptors (Lipinski definition) is 6. The van der Waals surface area contributed by atoms with Crippen molar-refractivity contribution < 1.29 is 13.2 Å². The van der Waals surface area contributed by atoms with Gasteiger partial charge in [0.15, 0.2) is 5.13 Å². The minimum Gasteiger partial charge on any atom is -0.309 e. The van der Waals surface area contributed by atoms with E-state index in [-0.39, 0.29) is 23.2 Å². The zero-order chi connectivity index (χ0) is 26.0. The second-order valence-electron chi connectivity index (χ2n) is 10.1. The van der Waals surface area contributed by atoms with Crippen LogP contribution in [0.4, 0.5) is 5.13 Å². The summed E-state index contributed by atoms with van der Waals surface area (Å²) in [5.74, 6) is 0.378. The van der Waals surface area contributed by atoms with E-state index in [1.165, 1.54) is 16.9 Å². The Kier molecular flexibility index (Phi) is 9.74. The fourth-order valence-corrected chi connectivity index (χ4v) is 7.24. The van der Waals surface area contributed by atoms with Crippen molar-refractivity contribution in [2.75, 3.05) is 45.2 Å². The number of hydrogen-bond donors (Lipinski definition) is 0. The zero-order valence-corrected chi connectivity index (χ0v) is 24.7. The van der Waals surface area contributed by atoms with Gasteiger partial charge in [-0.25, -0.2) is 13.4 Å². The van der Waals surface area contributed by atoms with Crippen molar-refractivity contribution in [3.8, 4) is 0 Å². The summed E-state index contributed by atoms with van der Waals surface area (Å²) in [6.07, 6.45) is 2.55. The first-order valence-corrected chi connectivity index (χ1v) is 14.8. The van der Waals surface area contributed by atoms with E-state index in [0.29, 0.717) is 36.2 Å². The Labute approximate surface area is 230 Å². The van der Waals surface area contributed by atoms with E-state index >= 15 is 0 Å². The van der Waals surface area contributed by atoms with Crippen LogP contribution in [-0.2, 0) is 10.0 Å². The largest absolute Gasteiger partial charge is 0.309 e. The summed E-state index contributed by atoms with van der Waals surface area (Å²) in [5, 5.41) is 0.668. The van der Waals surface area contributed by atoms with Gasteiger partial charge >= 0.3 is 0 Å². The van der Waals surface area contributed by atoms with Gasteiger partial charge in [0, 0.05) is 25.2 Å². The summed E-state index contributed by atoms with van der Waals surface area (Å²) in [7, 11) is 0.466. The van der Waals surface area contributed by atoms with Crippen LogP contribution in [0.3, 0.4) is 0 Å². The Morgan fingerprint density at radius 1 is 1.08 bits per heavy atom. The molecule has 2 heterocycles. The van der Waals surface area contributed by atoms with Crippen molar-refractivity contribution in [1.29, 1.82) is 0 Å². The number of nitrogens with zero attached hydrogens (tertiary/aromatic N) is 4. The monoisotopic (exact) mass is 564 g/mol. The molecule has 0 atom stereocenters. The Morgan fingerprint density at radius 2 is 1.73 bits per heavy atom. The number of carbonyl (C=O) groups is 1. The summed E-state index contributed by atoms with van der Waals surface area (Å²) in [6, 6.07) is 10.6. The van der Waals surface area contributed by atoms with Gasteiger partial charge in [-0.05, 0) is 101 Å². The molecule has 0 bridgehead atoms. The normalized spacial score (nSPS) is 15.2. The van der Waals surface area contributed by atoms with Gasteiger partial charge in [-0.1, -0.05) is 24.3 Å². The fourth-order valence-electron chi connectivity index (χ4n) is 4.60. The van der Waals surface area contributed by atoms with Crippen LogP contribution in [0.5, 0.6) is 0 Å². The Hall–Kier alpha value is -2.04. The average Bonchev–Trinajstić information content (AvgIpc) is 3.25. The third-order valence-corrected chi connectivity index (χ3v) is 9.70. The minimum absolute atomic E-state index is 0. The quantitative estimate of drug-likeness (QED) is 0.368. The molecule has 202 valence electrons. The Balaban J connectivity index is 0.00000380. The third kappa shape index (κ3) is 6.70. The number of piperidine rings is 1. The minimum atomic E-state index is -3.56. The smallest absolute Gasteiger partial charge is 0.260 e. The first kappa shape index (κ1) is 29.5. The van der Waals surface area contributed by atoms with Crippen LogP contribution in [0, 0.1) is 19.8 Å². The van der Waals surface area contributed by atoms with Gasteiger partial charge in [0.2, 0.25) is 10.0 Å². The van der Waals surface area contributed by atoms with Crippen LogP contribution in [-0.4, -0.2) is 68.8 Å². The Bertz CT molecular complexity index is 1330. The number of aryl methyl sites for hydroxylation is 2. The van der Waals surface area contributed by atoms with Crippen LogP contribution in [0.25, 0.3) is 10.2 Å². The number of carbonyl (C=O) groups excluding carboxylic acids is 1. The molecule has 7 nitrogen and oxygen atoms in total. The lowest BCUT2D eigenvalue weighted by molar-refractivity contribution is 0.0986. The number of thiazole rings is 1. The number of benzene rings is 2. The molecule has 0 aliphatic carbocycles. The lowest BCUT2D eigenvalue weighted by Crippen LogP contribution is -2.38. The van der Waals surface area contributed by atoms with Crippen molar-refractivity contribution in [2.45, 2.75) is 44.9 Å². The lowest BCUT2D eigenvalue weighted by atomic mass is 10.0. The van der Waals surface area contributed by atoms with E-state index in [0.717, 1.165) is 41.6 Å². The third-order valence-electron chi connectivity index (χ3n) is 6.76. The molecule has 1 aliphatic heterocycles. The van der Waals surface area contributed by atoms with Crippen molar-refractivity contribution in [2.24, 2.45) is 5.92 Å². The highest BCUT2D eigenvalue weighted by atomic mass is 35.5. The van der Waals surface area contributed by atoms with Gasteiger partial charge in [0.25, 0.3) is 5.91 Å². The Morgan fingerprint density at radius 3 is 2.35 bits per heavy atom. The topological polar surface area (TPSA) is 73.8 Å². The number of anilines is 1. The van der Waals surface area contributed by atoms with Crippen LogP contribution in [0.2, 0.25) is 0 Å². The molecule has 0 spiro atoms. The van der Waals surface area contributed by atoms with Gasteiger partial charge < -0.3 is 4.90 Å². The van der Waals surface area contributed by atoms with E-state index in [1.54, 1.807) is 33.5 Å². The number of fused-ring (bicyclic) bond motifs is 1. The molecule has 1 aliphatic rings. The van der Waals surface area contributed by atoms with Gasteiger partial charge in [-0.2, -0.15) is 4.31 Å². The lowest BCUT2D eigenvalue weighted by Gasteiger charge is -2.29. The van der Waals surface area contributed by atoms with Crippen LogP contribution < -0.4 is 4.90 Å². The number of sulfonamides is 1. The molecular weight excluding hydrogens is 528 g/mol. The maximum Gasteiger partial charge on any atom is 0.260 e. The molecule has 1 fully saturated rings. The molecule has 0 radical (unpaired) electrons. The number of aromatic nitrogens is 1. The van der Waals surface area contributed by atoms with Crippen LogP contribution in [0.1, 0.15) is 47.7 Å². The van der Waals surface area contributed by atoms with E-state index in [1.807, 2.05) is 21.0 Å². The highest BCUT2D eigenvalue weighted by Gasteiger charge is 2.29. The molecule has 1 amide bonds. The molecule has 10 heteroatoms. The second kappa shape index (κ2) is 12.2. The van der Waals surface area contributed by atoms with E-state index in [9.17, 15) is 13.2 Å². The summed E-state index contributed by atoms with van der Waals surface area (Å²) in [4.78, 5) is 22.6. The number of halogens is 1. The standard InChI is InChI=1S/C27H36N4O3S2.ClH/c1-19-11-15-30(16-12-19)36(33,34)23-9-7-22(8-10-23)26(32)31(14-6-13-29(4)5)27-28-25-21(3)17-20(2)18-24(25)35-27;/h7-10,17-19H,6,11-16H2,1-5H3;1H. The van der Waals surface area contributed by atoms with Gasteiger partial charge in [0.05, 0.1) is 15.1 Å². The molecule has 4 rings (SSSR count). The number of amides is 1. The summed E-state index contributed by atoms with van der Waals surface area (Å²) >= 11 is 1.52. The molecule has 0 N–H and O–H groups in total. The second-order valence-corrected chi connectivity index (χ2v) is 13.1. The molecule has 0 saturated carbocycles. The molecule has 37 heavy (non-hydrogen) atoms. The fraction of sp³-hybridized carbons (Fsp3) is 0.481. The molecule has 3 aromatic rings. The molecule has 1 saturated heterocycles. The average molecular weight is 565 g/mol. The van der Waals surface area contributed by atoms with E-state index in [4.69, 9.17) is 4.98 Å². The summed E-state index contributed by atoms with van der Waals surface area (Å²) < 4.78 is 28.8. The van der Waals surface area contributed by atoms with Crippen molar-refractivity contribution in [3.63, 3.8) is 0 Å². The predicted octanol–water partition coefficient (Wildman–Crippen LogP) is 5.35. The highest BCUT2D eigenvalue weighted by Crippen LogP contribution is 2.33. The number of rotatable bonds is 8. The van der Waals surface area contributed by atoms with E-state index < -0.39 is 10.0 Å².